The van der Waals surface area contributed by atoms with E-state index in [1.54, 1.807) is 4.90 Å². The van der Waals surface area contributed by atoms with Crippen LogP contribution in [-0.2, 0) is 16.1 Å². The molecule has 0 radical (unpaired) electrons. The van der Waals surface area contributed by atoms with Crippen molar-refractivity contribution in [1.29, 1.82) is 0 Å². The molecule has 2 aromatic carbocycles. The lowest BCUT2D eigenvalue weighted by Gasteiger charge is -2.30. The molecule has 2 aromatic rings. The summed E-state index contributed by atoms with van der Waals surface area (Å²) >= 11 is 0. The first-order chi connectivity index (χ1) is 14.4. The van der Waals surface area contributed by atoms with Crippen LogP contribution in [0, 0.1) is 13.8 Å². The number of nitrogens with zero attached hydrogens (tertiary/aromatic N) is 1. The van der Waals surface area contributed by atoms with E-state index in [0.717, 1.165) is 16.9 Å². The van der Waals surface area contributed by atoms with Crippen molar-refractivity contribution in [2.45, 2.75) is 59.5 Å². The van der Waals surface area contributed by atoms with Gasteiger partial charge in [-0.3, -0.25) is 9.59 Å². The quantitative estimate of drug-likeness (QED) is 0.559. The lowest BCUT2D eigenvalue weighted by molar-refractivity contribution is -0.141. The molecule has 0 aliphatic rings. The second kappa shape index (κ2) is 12.0. The van der Waals surface area contributed by atoms with Crippen molar-refractivity contribution in [1.82, 2.24) is 10.2 Å². The Morgan fingerprint density at radius 2 is 1.77 bits per heavy atom. The Morgan fingerprint density at radius 3 is 2.40 bits per heavy atom. The predicted molar refractivity (Wildman–Crippen MR) is 120 cm³/mol. The molecule has 0 spiro atoms. The van der Waals surface area contributed by atoms with Crippen molar-refractivity contribution in [2.75, 3.05) is 13.2 Å². The summed E-state index contributed by atoms with van der Waals surface area (Å²) in [6.45, 7) is 9.33. The molecule has 162 valence electrons. The van der Waals surface area contributed by atoms with E-state index in [1.165, 1.54) is 5.56 Å². The standard InChI is InChI=1S/C25H34N2O3/c1-5-23(25(29)26-6-2)27(18-21-10-7-9-20(4)17-21)24(28)11-8-16-30-22-14-12-19(3)13-15-22/h7,9-10,12-15,17,23H,5-6,8,11,16,18H2,1-4H3,(H,26,29)/t23-/m1/s1. The Hall–Kier alpha value is -2.82. The van der Waals surface area contributed by atoms with E-state index in [2.05, 4.69) is 11.4 Å². The first-order valence-corrected chi connectivity index (χ1v) is 10.8. The van der Waals surface area contributed by atoms with Gasteiger partial charge in [-0.15, -0.1) is 0 Å². The second-order valence-electron chi connectivity index (χ2n) is 7.59. The Balaban J connectivity index is 2.02. The number of carbonyl (C=O) groups excluding carboxylic acids is 2. The highest BCUT2D eigenvalue weighted by molar-refractivity contribution is 5.87. The summed E-state index contributed by atoms with van der Waals surface area (Å²) in [5.41, 5.74) is 3.35. The molecule has 0 saturated heterocycles. The number of carbonyl (C=O) groups is 2. The first-order valence-electron chi connectivity index (χ1n) is 10.8. The van der Waals surface area contributed by atoms with Gasteiger partial charge >= 0.3 is 0 Å². The highest BCUT2D eigenvalue weighted by Gasteiger charge is 2.28. The predicted octanol–water partition coefficient (Wildman–Crippen LogP) is 4.41. The molecule has 2 rings (SSSR count). The fraction of sp³-hybridized carbons (Fsp3) is 0.440. The number of aryl methyl sites for hydroxylation is 2. The maximum atomic E-state index is 13.1. The Bertz CT molecular complexity index is 817. The van der Waals surface area contributed by atoms with Crippen LogP contribution in [-0.4, -0.2) is 35.9 Å². The summed E-state index contributed by atoms with van der Waals surface area (Å²) in [6.07, 6.45) is 1.51. The van der Waals surface area contributed by atoms with Gasteiger partial charge in [0.15, 0.2) is 0 Å². The zero-order valence-corrected chi connectivity index (χ0v) is 18.6. The number of benzene rings is 2. The van der Waals surface area contributed by atoms with Crippen molar-refractivity contribution in [2.24, 2.45) is 0 Å². The van der Waals surface area contributed by atoms with Crippen molar-refractivity contribution in [3.05, 3.63) is 65.2 Å². The fourth-order valence-corrected chi connectivity index (χ4v) is 3.41. The average Bonchev–Trinajstić information content (AvgIpc) is 2.72. The normalized spacial score (nSPS) is 11.6. The molecule has 2 amide bonds. The molecule has 0 aromatic heterocycles. The molecule has 0 heterocycles. The molecule has 0 aliphatic heterocycles. The van der Waals surface area contributed by atoms with Gasteiger partial charge in [-0.05, 0) is 51.3 Å². The maximum Gasteiger partial charge on any atom is 0.242 e. The molecular formula is C25H34N2O3. The molecule has 0 fully saturated rings. The van der Waals surface area contributed by atoms with E-state index in [0.29, 0.717) is 39.0 Å². The first kappa shape index (κ1) is 23.5. The van der Waals surface area contributed by atoms with E-state index in [4.69, 9.17) is 4.74 Å². The van der Waals surface area contributed by atoms with Gasteiger partial charge in [-0.2, -0.15) is 0 Å². The van der Waals surface area contributed by atoms with Crippen LogP contribution < -0.4 is 10.1 Å². The summed E-state index contributed by atoms with van der Waals surface area (Å²) in [7, 11) is 0. The van der Waals surface area contributed by atoms with Crippen molar-refractivity contribution in [3.8, 4) is 5.75 Å². The monoisotopic (exact) mass is 410 g/mol. The van der Waals surface area contributed by atoms with E-state index in [1.807, 2.05) is 70.2 Å². The third kappa shape index (κ3) is 7.21. The van der Waals surface area contributed by atoms with E-state index in [-0.39, 0.29) is 11.8 Å². The molecule has 5 heteroatoms. The fourth-order valence-electron chi connectivity index (χ4n) is 3.41. The van der Waals surface area contributed by atoms with Crippen LogP contribution in [0.3, 0.4) is 0 Å². The Labute approximate surface area is 180 Å². The summed E-state index contributed by atoms with van der Waals surface area (Å²) in [5, 5.41) is 2.86. The summed E-state index contributed by atoms with van der Waals surface area (Å²) in [4.78, 5) is 27.4. The smallest absolute Gasteiger partial charge is 0.242 e. The highest BCUT2D eigenvalue weighted by atomic mass is 16.5. The molecule has 30 heavy (non-hydrogen) atoms. The van der Waals surface area contributed by atoms with Gasteiger partial charge in [0.1, 0.15) is 11.8 Å². The van der Waals surface area contributed by atoms with E-state index in [9.17, 15) is 9.59 Å². The number of nitrogens with one attached hydrogen (secondary N) is 1. The number of amides is 2. The number of ether oxygens (including phenoxy) is 1. The Morgan fingerprint density at radius 1 is 1.03 bits per heavy atom. The third-order valence-electron chi connectivity index (χ3n) is 5.00. The van der Waals surface area contributed by atoms with Crippen molar-refractivity contribution >= 4 is 11.8 Å². The molecule has 1 atom stereocenters. The average molecular weight is 411 g/mol. The van der Waals surface area contributed by atoms with Gasteiger partial charge in [0.05, 0.1) is 6.61 Å². The number of hydrogen-bond acceptors (Lipinski definition) is 3. The van der Waals surface area contributed by atoms with Crippen LogP contribution >= 0.6 is 0 Å². The summed E-state index contributed by atoms with van der Waals surface area (Å²) in [6, 6.07) is 15.5. The van der Waals surface area contributed by atoms with Crippen molar-refractivity contribution < 1.29 is 14.3 Å². The van der Waals surface area contributed by atoms with Gasteiger partial charge in [-0.1, -0.05) is 54.4 Å². The Kier molecular flexibility index (Phi) is 9.39. The highest BCUT2D eigenvalue weighted by Crippen LogP contribution is 2.16. The number of rotatable bonds is 11. The minimum Gasteiger partial charge on any atom is -0.494 e. The molecule has 1 N–H and O–H groups in total. The maximum absolute atomic E-state index is 13.1. The van der Waals surface area contributed by atoms with Crippen LogP contribution in [0.2, 0.25) is 0 Å². The van der Waals surface area contributed by atoms with Gasteiger partial charge in [0.25, 0.3) is 0 Å². The molecule has 0 bridgehead atoms. The van der Waals surface area contributed by atoms with E-state index >= 15 is 0 Å². The topological polar surface area (TPSA) is 58.6 Å². The van der Waals surface area contributed by atoms with Gasteiger partial charge < -0.3 is 15.0 Å². The zero-order chi connectivity index (χ0) is 21.9. The molecule has 0 aliphatic carbocycles. The van der Waals surface area contributed by atoms with E-state index < -0.39 is 6.04 Å². The van der Waals surface area contributed by atoms with Crippen LogP contribution in [0.4, 0.5) is 0 Å². The zero-order valence-electron chi connectivity index (χ0n) is 18.6. The van der Waals surface area contributed by atoms with Crippen LogP contribution in [0.15, 0.2) is 48.5 Å². The van der Waals surface area contributed by atoms with Gasteiger partial charge in [0.2, 0.25) is 11.8 Å². The summed E-state index contributed by atoms with van der Waals surface area (Å²) in [5.74, 6) is 0.678. The van der Waals surface area contributed by atoms with Gasteiger partial charge in [0, 0.05) is 19.5 Å². The molecular weight excluding hydrogens is 376 g/mol. The molecule has 0 unspecified atom stereocenters. The second-order valence-corrected chi connectivity index (χ2v) is 7.59. The molecule has 0 saturated carbocycles. The summed E-state index contributed by atoms with van der Waals surface area (Å²) < 4.78 is 5.75. The molecule has 5 nitrogen and oxygen atoms in total. The lowest BCUT2D eigenvalue weighted by atomic mass is 10.1. The van der Waals surface area contributed by atoms with Gasteiger partial charge in [-0.25, -0.2) is 0 Å². The minimum atomic E-state index is -0.476. The number of likely N-dealkylation sites (N-methyl/N-ethyl adjacent to an activating group) is 1. The largest absolute Gasteiger partial charge is 0.494 e. The van der Waals surface area contributed by atoms with Crippen LogP contribution in [0.1, 0.15) is 49.8 Å². The van der Waals surface area contributed by atoms with Crippen LogP contribution in [0.25, 0.3) is 0 Å². The van der Waals surface area contributed by atoms with Crippen molar-refractivity contribution in [3.63, 3.8) is 0 Å². The third-order valence-corrected chi connectivity index (χ3v) is 5.00. The van der Waals surface area contributed by atoms with Crippen LogP contribution in [0.5, 0.6) is 5.75 Å². The SMILES string of the molecule is CCNC(=O)[C@@H](CC)N(Cc1cccc(C)c1)C(=O)CCCOc1ccc(C)cc1. The number of hydrogen-bond donors (Lipinski definition) is 1. The lowest BCUT2D eigenvalue weighted by Crippen LogP contribution is -2.49. The minimum absolute atomic E-state index is 0.0258.